The number of rotatable bonds is 3. The number of aliphatic hydroxyl groups is 1. The summed E-state index contributed by atoms with van der Waals surface area (Å²) in [6.45, 7) is 0.119. The summed E-state index contributed by atoms with van der Waals surface area (Å²) in [6, 6.07) is 13.9. The van der Waals surface area contributed by atoms with E-state index in [1.165, 1.54) is 12.1 Å². The van der Waals surface area contributed by atoms with Gasteiger partial charge in [0.15, 0.2) is 0 Å². The molecule has 0 radical (unpaired) electrons. The third kappa shape index (κ3) is 4.13. The summed E-state index contributed by atoms with van der Waals surface area (Å²) >= 11 is 0. The highest BCUT2D eigenvalue weighted by Gasteiger charge is 2.01. The van der Waals surface area contributed by atoms with Crippen LogP contribution in [-0.4, -0.2) is 11.7 Å². The Morgan fingerprint density at radius 1 is 1.11 bits per heavy atom. The van der Waals surface area contributed by atoms with Crippen molar-refractivity contribution in [3.05, 3.63) is 65.5 Å². The van der Waals surface area contributed by atoms with Crippen LogP contribution in [0.25, 0.3) is 0 Å². The zero-order valence-corrected chi connectivity index (χ0v) is 10.3. The van der Waals surface area contributed by atoms with Crippen molar-refractivity contribution in [2.75, 3.05) is 6.61 Å². The van der Waals surface area contributed by atoms with Gasteiger partial charge in [0.1, 0.15) is 24.8 Å². The lowest BCUT2D eigenvalue weighted by molar-refractivity contribution is 0.304. The SMILES string of the molecule is OCC#Cc1cc(F)cc(OCc2ccccc2)c1. The molecule has 2 nitrogen and oxygen atoms in total. The quantitative estimate of drug-likeness (QED) is 0.856. The van der Waals surface area contributed by atoms with Crippen LogP contribution >= 0.6 is 0 Å². The van der Waals surface area contributed by atoms with Gasteiger partial charge in [-0.3, -0.25) is 0 Å². The first-order chi connectivity index (χ1) is 9.28. The number of ether oxygens (including phenoxy) is 1. The summed E-state index contributed by atoms with van der Waals surface area (Å²) in [6.07, 6.45) is 0. The van der Waals surface area contributed by atoms with Crippen LogP contribution in [0.4, 0.5) is 4.39 Å². The highest BCUT2D eigenvalue weighted by atomic mass is 19.1. The van der Waals surface area contributed by atoms with Gasteiger partial charge in [-0.15, -0.1) is 0 Å². The Morgan fingerprint density at radius 3 is 2.63 bits per heavy atom. The van der Waals surface area contributed by atoms with Crippen LogP contribution in [0.1, 0.15) is 11.1 Å². The number of halogens is 1. The summed E-state index contributed by atoms with van der Waals surface area (Å²) in [5.74, 6) is 5.14. The molecule has 0 heterocycles. The van der Waals surface area contributed by atoms with Crippen LogP contribution in [0, 0.1) is 17.7 Å². The Hall–Kier alpha value is -2.31. The Bertz CT molecular complexity index is 597. The van der Waals surface area contributed by atoms with Crippen molar-refractivity contribution in [1.29, 1.82) is 0 Å². The molecular weight excluding hydrogens is 243 g/mol. The van der Waals surface area contributed by atoms with E-state index in [2.05, 4.69) is 11.8 Å². The molecule has 19 heavy (non-hydrogen) atoms. The van der Waals surface area contributed by atoms with E-state index >= 15 is 0 Å². The van der Waals surface area contributed by atoms with Crippen molar-refractivity contribution in [1.82, 2.24) is 0 Å². The van der Waals surface area contributed by atoms with E-state index in [0.29, 0.717) is 17.9 Å². The van der Waals surface area contributed by atoms with Gasteiger partial charge in [0.25, 0.3) is 0 Å². The number of hydrogen-bond acceptors (Lipinski definition) is 2. The molecule has 1 N–H and O–H groups in total. The van der Waals surface area contributed by atoms with E-state index in [4.69, 9.17) is 9.84 Å². The molecule has 2 rings (SSSR count). The lowest BCUT2D eigenvalue weighted by Crippen LogP contribution is -1.96. The fraction of sp³-hybridized carbons (Fsp3) is 0.125. The Morgan fingerprint density at radius 2 is 1.89 bits per heavy atom. The van der Waals surface area contributed by atoms with Crippen molar-refractivity contribution >= 4 is 0 Å². The van der Waals surface area contributed by atoms with Crippen LogP contribution in [0.3, 0.4) is 0 Å². The van der Waals surface area contributed by atoms with Crippen molar-refractivity contribution in [2.24, 2.45) is 0 Å². The monoisotopic (exact) mass is 256 g/mol. The second-order valence-corrected chi connectivity index (χ2v) is 3.91. The molecule has 0 atom stereocenters. The zero-order chi connectivity index (χ0) is 13.5. The van der Waals surface area contributed by atoms with Crippen LogP contribution in [0.2, 0.25) is 0 Å². The third-order valence-corrected chi connectivity index (χ3v) is 2.43. The molecule has 0 saturated carbocycles. The van der Waals surface area contributed by atoms with Gasteiger partial charge in [-0.25, -0.2) is 4.39 Å². The third-order valence-electron chi connectivity index (χ3n) is 2.43. The molecule has 0 bridgehead atoms. The highest BCUT2D eigenvalue weighted by molar-refractivity contribution is 5.40. The number of aliphatic hydroxyl groups excluding tert-OH is 1. The summed E-state index contributed by atoms with van der Waals surface area (Å²) in [5.41, 5.74) is 1.49. The summed E-state index contributed by atoms with van der Waals surface area (Å²) in [5, 5.41) is 8.62. The first kappa shape index (κ1) is 13.1. The molecule has 0 amide bonds. The molecular formula is C16H13FO2. The van der Waals surface area contributed by atoms with Gasteiger partial charge in [-0.2, -0.15) is 0 Å². The van der Waals surface area contributed by atoms with Crippen molar-refractivity contribution < 1.29 is 14.2 Å². The topological polar surface area (TPSA) is 29.5 Å². The number of hydrogen-bond donors (Lipinski definition) is 1. The Kier molecular flexibility index (Phi) is 4.54. The normalized spacial score (nSPS) is 9.58. The van der Waals surface area contributed by atoms with Crippen LogP contribution < -0.4 is 4.74 Å². The first-order valence-corrected chi connectivity index (χ1v) is 5.85. The van der Waals surface area contributed by atoms with E-state index in [0.717, 1.165) is 5.56 Å². The minimum Gasteiger partial charge on any atom is -0.489 e. The molecule has 2 aromatic rings. The zero-order valence-electron chi connectivity index (χ0n) is 10.3. The standard InChI is InChI=1S/C16H13FO2/c17-15-9-14(7-4-8-18)10-16(11-15)19-12-13-5-2-1-3-6-13/h1-3,5-6,9-11,18H,8,12H2. The predicted octanol–water partition coefficient (Wildman–Crippen LogP) is 2.75. The van der Waals surface area contributed by atoms with E-state index < -0.39 is 5.82 Å². The van der Waals surface area contributed by atoms with E-state index in [9.17, 15) is 4.39 Å². The van der Waals surface area contributed by atoms with Crippen LogP contribution in [0.15, 0.2) is 48.5 Å². The molecule has 0 spiro atoms. The molecule has 0 aliphatic rings. The Balaban J connectivity index is 2.10. The molecule has 0 fully saturated rings. The number of benzene rings is 2. The first-order valence-electron chi connectivity index (χ1n) is 5.85. The minimum atomic E-state index is -0.409. The van der Waals surface area contributed by atoms with Crippen LogP contribution in [-0.2, 0) is 6.61 Å². The lowest BCUT2D eigenvalue weighted by Gasteiger charge is -2.07. The van der Waals surface area contributed by atoms with Gasteiger partial charge >= 0.3 is 0 Å². The molecule has 0 aliphatic carbocycles. The average Bonchev–Trinajstić information content (AvgIpc) is 2.43. The lowest BCUT2D eigenvalue weighted by atomic mass is 10.2. The smallest absolute Gasteiger partial charge is 0.128 e. The fourth-order valence-electron chi connectivity index (χ4n) is 1.60. The summed E-state index contributed by atoms with van der Waals surface area (Å²) in [7, 11) is 0. The van der Waals surface area contributed by atoms with Gasteiger partial charge < -0.3 is 9.84 Å². The highest BCUT2D eigenvalue weighted by Crippen LogP contribution is 2.17. The molecule has 3 heteroatoms. The van der Waals surface area contributed by atoms with Crippen molar-refractivity contribution in [3.8, 4) is 17.6 Å². The molecule has 96 valence electrons. The van der Waals surface area contributed by atoms with E-state index in [1.807, 2.05) is 30.3 Å². The largest absolute Gasteiger partial charge is 0.489 e. The van der Waals surface area contributed by atoms with Gasteiger partial charge in [-0.1, -0.05) is 42.2 Å². The Labute approximate surface area is 111 Å². The van der Waals surface area contributed by atoms with Crippen molar-refractivity contribution in [3.63, 3.8) is 0 Å². The minimum absolute atomic E-state index is 0.253. The maximum atomic E-state index is 13.4. The summed E-state index contributed by atoms with van der Waals surface area (Å²) < 4.78 is 18.9. The molecule has 2 aromatic carbocycles. The second kappa shape index (κ2) is 6.58. The van der Waals surface area contributed by atoms with E-state index in [-0.39, 0.29) is 6.61 Å². The van der Waals surface area contributed by atoms with Gasteiger partial charge in [-0.05, 0) is 17.7 Å². The average molecular weight is 256 g/mol. The molecule has 0 aliphatic heterocycles. The van der Waals surface area contributed by atoms with Gasteiger partial charge in [0.2, 0.25) is 0 Å². The maximum Gasteiger partial charge on any atom is 0.128 e. The molecule has 0 saturated heterocycles. The predicted molar refractivity (Wildman–Crippen MR) is 71.1 cm³/mol. The molecule has 0 unspecified atom stereocenters. The van der Waals surface area contributed by atoms with Gasteiger partial charge in [0, 0.05) is 11.6 Å². The second-order valence-electron chi connectivity index (χ2n) is 3.91. The fourth-order valence-corrected chi connectivity index (χ4v) is 1.60. The van der Waals surface area contributed by atoms with Gasteiger partial charge in [0.05, 0.1) is 0 Å². The molecule has 0 aromatic heterocycles. The summed E-state index contributed by atoms with van der Waals surface area (Å²) in [4.78, 5) is 0. The van der Waals surface area contributed by atoms with E-state index in [1.54, 1.807) is 6.07 Å². The van der Waals surface area contributed by atoms with Crippen molar-refractivity contribution in [2.45, 2.75) is 6.61 Å². The van der Waals surface area contributed by atoms with Crippen LogP contribution in [0.5, 0.6) is 5.75 Å². The maximum absolute atomic E-state index is 13.4.